The number of nitrogens with zero attached hydrogens (tertiary/aromatic N) is 2. The second kappa shape index (κ2) is 9.29. The fraction of sp³-hybridized carbons (Fsp3) is 0.591. The first-order valence-electron chi connectivity index (χ1n) is 10.8. The highest BCUT2D eigenvalue weighted by molar-refractivity contribution is 5.91. The summed E-state index contributed by atoms with van der Waals surface area (Å²) >= 11 is 0. The predicted octanol–water partition coefficient (Wildman–Crippen LogP) is 2.56. The van der Waals surface area contributed by atoms with Gasteiger partial charge in [0, 0.05) is 26.1 Å². The summed E-state index contributed by atoms with van der Waals surface area (Å²) in [5.41, 5.74) is 0.838. The first-order valence-corrected chi connectivity index (χ1v) is 10.8. The summed E-state index contributed by atoms with van der Waals surface area (Å²) in [6.07, 6.45) is 5.32. The SMILES string of the molecule is CCCn1c(=O)n(CCC(=O)NC2(C(=O)NCC)CCCCC2)c2ccccc21. The molecule has 1 aliphatic carbocycles. The van der Waals surface area contributed by atoms with Gasteiger partial charge in [-0.1, -0.05) is 38.3 Å². The summed E-state index contributed by atoms with van der Waals surface area (Å²) in [5.74, 6) is -0.276. The minimum Gasteiger partial charge on any atom is -0.354 e. The highest BCUT2D eigenvalue weighted by Gasteiger charge is 2.40. The molecule has 29 heavy (non-hydrogen) atoms. The number of para-hydroxylation sites is 2. The molecule has 1 saturated carbocycles. The van der Waals surface area contributed by atoms with E-state index in [1.165, 1.54) is 0 Å². The number of aromatic nitrogens is 2. The Morgan fingerprint density at radius 1 is 1.00 bits per heavy atom. The summed E-state index contributed by atoms with van der Waals surface area (Å²) in [6, 6.07) is 7.68. The van der Waals surface area contributed by atoms with Crippen molar-refractivity contribution in [1.82, 2.24) is 19.8 Å². The molecule has 158 valence electrons. The largest absolute Gasteiger partial charge is 0.354 e. The van der Waals surface area contributed by atoms with Crippen LogP contribution in [-0.4, -0.2) is 33.0 Å². The maximum atomic E-state index is 12.9. The van der Waals surface area contributed by atoms with E-state index in [9.17, 15) is 14.4 Å². The van der Waals surface area contributed by atoms with Gasteiger partial charge in [-0.15, -0.1) is 0 Å². The van der Waals surface area contributed by atoms with Gasteiger partial charge in [-0.25, -0.2) is 4.79 Å². The number of benzene rings is 1. The molecule has 1 aromatic heterocycles. The van der Waals surface area contributed by atoms with Crippen LogP contribution in [0.3, 0.4) is 0 Å². The Hall–Kier alpha value is -2.57. The number of rotatable bonds is 8. The van der Waals surface area contributed by atoms with E-state index in [2.05, 4.69) is 10.6 Å². The Kier molecular flexibility index (Phi) is 6.77. The van der Waals surface area contributed by atoms with Crippen molar-refractivity contribution >= 4 is 22.8 Å². The van der Waals surface area contributed by atoms with E-state index in [1.807, 2.05) is 38.1 Å². The molecule has 0 radical (unpaired) electrons. The molecule has 7 heteroatoms. The Morgan fingerprint density at radius 3 is 2.21 bits per heavy atom. The van der Waals surface area contributed by atoms with Crippen molar-refractivity contribution in [3.63, 3.8) is 0 Å². The number of carbonyl (C=O) groups excluding carboxylic acids is 2. The quantitative estimate of drug-likeness (QED) is 0.714. The average Bonchev–Trinajstić information content (AvgIpc) is 2.99. The molecule has 0 atom stereocenters. The van der Waals surface area contributed by atoms with Crippen LogP contribution in [0.4, 0.5) is 0 Å². The Balaban J connectivity index is 1.76. The Bertz CT molecular complexity index is 922. The molecule has 0 unspecified atom stereocenters. The highest BCUT2D eigenvalue weighted by atomic mass is 16.2. The van der Waals surface area contributed by atoms with E-state index in [0.717, 1.165) is 36.7 Å². The Morgan fingerprint density at radius 2 is 1.62 bits per heavy atom. The Labute approximate surface area is 171 Å². The second-order valence-corrected chi connectivity index (χ2v) is 7.87. The number of likely N-dealkylation sites (N-methyl/N-ethyl adjacent to an activating group) is 1. The average molecular weight is 401 g/mol. The lowest BCUT2D eigenvalue weighted by atomic mass is 9.80. The molecule has 0 bridgehead atoms. The predicted molar refractivity (Wildman–Crippen MR) is 114 cm³/mol. The maximum absolute atomic E-state index is 12.9. The van der Waals surface area contributed by atoms with Crippen LogP contribution in [-0.2, 0) is 22.7 Å². The van der Waals surface area contributed by atoms with Gasteiger partial charge in [0.15, 0.2) is 0 Å². The third kappa shape index (κ3) is 4.38. The zero-order valence-corrected chi connectivity index (χ0v) is 17.5. The summed E-state index contributed by atoms with van der Waals surface area (Å²) in [7, 11) is 0. The van der Waals surface area contributed by atoms with Crippen LogP contribution >= 0.6 is 0 Å². The summed E-state index contributed by atoms with van der Waals surface area (Å²) < 4.78 is 3.44. The maximum Gasteiger partial charge on any atom is 0.329 e. The lowest BCUT2D eigenvalue weighted by Crippen LogP contribution is -2.59. The number of amides is 2. The topological polar surface area (TPSA) is 85.1 Å². The molecule has 2 amide bonds. The van der Waals surface area contributed by atoms with Gasteiger partial charge in [-0.2, -0.15) is 0 Å². The molecule has 1 heterocycles. The second-order valence-electron chi connectivity index (χ2n) is 7.87. The van der Waals surface area contributed by atoms with Gasteiger partial charge in [-0.05, 0) is 38.3 Å². The first kappa shape index (κ1) is 21.1. The molecule has 0 saturated heterocycles. The zero-order valence-electron chi connectivity index (χ0n) is 17.5. The number of imidazole rings is 1. The standard InChI is InChI=1S/C22H32N4O3/c1-3-15-25-17-10-6-7-11-18(17)26(21(25)29)16-12-19(27)24-22(20(28)23-4-2)13-8-5-9-14-22/h6-7,10-11H,3-5,8-9,12-16H2,1-2H3,(H,23,28)(H,24,27). The molecule has 1 aromatic carbocycles. The molecular formula is C22H32N4O3. The van der Waals surface area contributed by atoms with E-state index < -0.39 is 5.54 Å². The van der Waals surface area contributed by atoms with Crippen LogP contribution in [0.5, 0.6) is 0 Å². The van der Waals surface area contributed by atoms with Crippen molar-refractivity contribution in [1.29, 1.82) is 0 Å². The number of fused-ring (bicyclic) bond motifs is 1. The van der Waals surface area contributed by atoms with Crippen molar-refractivity contribution in [2.45, 2.75) is 77.4 Å². The van der Waals surface area contributed by atoms with Gasteiger partial charge in [0.2, 0.25) is 11.8 Å². The smallest absolute Gasteiger partial charge is 0.329 e. The van der Waals surface area contributed by atoms with Gasteiger partial charge < -0.3 is 10.6 Å². The van der Waals surface area contributed by atoms with Gasteiger partial charge in [0.25, 0.3) is 0 Å². The van der Waals surface area contributed by atoms with Crippen LogP contribution < -0.4 is 16.3 Å². The third-order valence-electron chi connectivity index (χ3n) is 5.79. The van der Waals surface area contributed by atoms with Gasteiger partial charge in [-0.3, -0.25) is 18.7 Å². The fourth-order valence-corrected chi connectivity index (χ4v) is 4.36. The molecule has 2 N–H and O–H groups in total. The zero-order chi connectivity index (χ0) is 20.9. The van der Waals surface area contributed by atoms with Crippen LogP contribution in [0.25, 0.3) is 11.0 Å². The van der Waals surface area contributed by atoms with E-state index in [-0.39, 0.29) is 23.9 Å². The summed E-state index contributed by atoms with van der Waals surface area (Å²) in [6.45, 7) is 5.42. The minimum absolute atomic E-state index is 0.0862. The van der Waals surface area contributed by atoms with Crippen molar-refractivity contribution in [2.75, 3.05) is 6.54 Å². The number of hydrogen-bond donors (Lipinski definition) is 2. The van der Waals surface area contributed by atoms with Gasteiger partial charge in [0.05, 0.1) is 11.0 Å². The lowest BCUT2D eigenvalue weighted by molar-refractivity contribution is -0.135. The molecular weight excluding hydrogens is 368 g/mol. The van der Waals surface area contributed by atoms with Crippen molar-refractivity contribution in [3.8, 4) is 0 Å². The van der Waals surface area contributed by atoms with Crippen molar-refractivity contribution in [2.24, 2.45) is 0 Å². The molecule has 0 aliphatic heterocycles. The normalized spacial score (nSPS) is 15.9. The third-order valence-corrected chi connectivity index (χ3v) is 5.79. The van der Waals surface area contributed by atoms with Crippen molar-refractivity contribution in [3.05, 3.63) is 34.7 Å². The molecule has 7 nitrogen and oxygen atoms in total. The van der Waals surface area contributed by atoms with E-state index in [1.54, 1.807) is 9.13 Å². The molecule has 1 aliphatic rings. The number of hydrogen-bond acceptors (Lipinski definition) is 3. The van der Waals surface area contributed by atoms with Crippen LogP contribution in [0.15, 0.2) is 29.1 Å². The van der Waals surface area contributed by atoms with E-state index in [4.69, 9.17) is 0 Å². The van der Waals surface area contributed by atoms with Crippen LogP contribution in [0, 0.1) is 0 Å². The molecule has 0 spiro atoms. The number of carbonyl (C=O) groups is 2. The first-order chi connectivity index (χ1) is 14.0. The highest BCUT2D eigenvalue weighted by Crippen LogP contribution is 2.28. The van der Waals surface area contributed by atoms with E-state index >= 15 is 0 Å². The molecule has 2 aromatic rings. The number of nitrogens with one attached hydrogen (secondary N) is 2. The van der Waals surface area contributed by atoms with E-state index in [0.29, 0.717) is 32.5 Å². The van der Waals surface area contributed by atoms with Crippen LogP contribution in [0.2, 0.25) is 0 Å². The monoisotopic (exact) mass is 400 g/mol. The van der Waals surface area contributed by atoms with Crippen molar-refractivity contribution < 1.29 is 9.59 Å². The fourth-order valence-electron chi connectivity index (χ4n) is 4.36. The van der Waals surface area contributed by atoms with Crippen LogP contribution in [0.1, 0.15) is 58.8 Å². The van der Waals surface area contributed by atoms with Gasteiger partial charge in [0.1, 0.15) is 5.54 Å². The van der Waals surface area contributed by atoms with Gasteiger partial charge >= 0.3 is 5.69 Å². The summed E-state index contributed by atoms with van der Waals surface area (Å²) in [5, 5.41) is 5.89. The summed E-state index contributed by atoms with van der Waals surface area (Å²) in [4.78, 5) is 38.3. The molecule has 3 rings (SSSR count). The lowest BCUT2D eigenvalue weighted by Gasteiger charge is -2.36. The molecule has 1 fully saturated rings. The number of aryl methyl sites for hydroxylation is 2. The minimum atomic E-state index is -0.813.